The van der Waals surface area contributed by atoms with E-state index in [1.54, 1.807) is 60.4 Å². The van der Waals surface area contributed by atoms with Gasteiger partial charge < -0.3 is 14.9 Å². The Balaban J connectivity index is 2.05. The van der Waals surface area contributed by atoms with Gasteiger partial charge >= 0.3 is 0 Å². The van der Waals surface area contributed by atoms with Gasteiger partial charge in [0.15, 0.2) is 5.65 Å². The second-order valence-corrected chi connectivity index (χ2v) is 7.50. The zero-order chi connectivity index (χ0) is 19.1. The van der Waals surface area contributed by atoms with E-state index in [4.69, 9.17) is 4.74 Å². The number of rotatable bonds is 3. The van der Waals surface area contributed by atoms with E-state index < -0.39 is 0 Å². The van der Waals surface area contributed by atoms with Crippen molar-refractivity contribution >= 4 is 37.5 Å². The molecule has 4 rings (SSSR count). The summed E-state index contributed by atoms with van der Waals surface area (Å²) in [5.74, 6) is 0.731. The highest BCUT2D eigenvalue weighted by Crippen LogP contribution is 2.42. The van der Waals surface area contributed by atoms with Gasteiger partial charge in [-0.05, 0) is 61.7 Å². The molecule has 0 unspecified atom stereocenters. The minimum atomic E-state index is 0.0653. The molecular weight excluding hydrogens is 478 g/mol. The van der Waals surface area contributed by atoms with Crippen LogP contribution < -0.4 is 4.74 Å². The average molecular weight is 491 g/mol. The Labute approximate surface area is 171 Å². The number of hydrogen-bond donors (Lipinski definition) is 2. The predicted molar refractivity (Wildman–Crippen MR) is 109 cm³/mol. The minimum absolute atomic E-state index is 0.0653. The molecule has 2 heterocycles. The van der Waals surface area contributed by atoms with E-state index in [2.05, 4.69) is 41.9 Å². The summed E-state index contributed by atoms with van der Waals surface area (Å²) in [4.78, 5) is 4.45. The Morgan fingerprint density at radius 1 is 1.00 bits per heavy atom. The van der Waals surface area contributed by atoms with E-state index in [1.807, 2.05) is 0 Å². The Kier molecular flexibility index (Phi) is 4.53. The first-order valence-electron chi connectivity index (χ1n) is 7.88. The van der Waals surface area contributed by atoms with Crippen molar-refractivity contribution in [3.63, 3.8) is 0 Å². The molecule has 0 atom stereocenters. The lowest BCUT2D eigenvalue weighted by atomic mass is 9.99. The summed E-state index contributed by atoms with van der Waals surface area (Å²) in [5, 5.41) is 25.0. The lowest BCUT2D eigenvalue weighted by Gasteiger charge is -2.15. The van der Waals surface area contributed by atoms with Crippen molar-refractivity contribution in [2.45, 2.75) is 0 Å². The van der Waals surface area contributed by atoms with Gasteiger partial charge in [0.25, 0.3) is 0 Å². The van der Waals surface area contributed by atoms with E-state index in [-0.39, 0.29) is 11.5 Å². The standard InChI is InChI=1S/C19H13Br2N3O3/c1-27-11-2-3-12(16(25)8-11)18-13(9-22-17-4-5-23-24(17)18)10-6-14(20)19(26)15(21)7-10/h2-9,25-26H,1H3. The molecule has 4 aromatic rings. The summed E-state index contributed by atoms with van der Waals surface area (Å²) >= 11 is 6.72. The number of hydrogen-bond acceptors (Lipinski definition) is 5. The maximum absolute atomic E-state index is 10.6. The summed E-state index contributed by atoms with van der Waals surface area (Å²) < 4.78 is 7.93. The lowest BCUT2D eigenvalue weighted by Crippen LogP contribution is -2.00. The third-order valence-corrected chi connectivity index (χ3v) is 5.41. The summed E-state index contributed by atoms with van der Waals surface area (Å²) in [7, 11) is 1.55. The third-order valence-electron chi connectivity index (χ3n) is 4.20. The van der Waals surface area contributed by atoms with Gasteiger partial charge in [-0.15, -0.1) is 0 Å². The van der Waals surface area contributed by atoms with Crippen LogP contribution in [0, 0.1) is 0 Å². The van der Waals surface area contributed by atoms with Crippen molar-refractivity contribution in [3.8, 4) is 39.6 Å². The van der Waals surface area contributed by atoms with Crippen LogP contribution in [0.25, 0.3) is 28.0 Å². The molecule has 0 amide bonds. The van der Waals surface area contributed by atoms with Gasteiger partial charge in [0, 0.05) is 29.5 Å². The Bertz CT molecular complexity index is 1150. The number of methoxy groups -OCH3 is 1. The van der Waals surface area contributed by atoms with Crippen LogP contribution in [-0.4, -0.2) is 31.9 Å². The smallest absolute Gasteiger partial charge is 0.155 e. The molecule has 0 radical (unpaired) electrons. The average Bonchev–Trinajstić information content (AvgIpc) is 3.14. The van der Waals surface area contributed by atoms with Gasteiger partial charge in [0.05, 0.1) is 27.9 Å². The van der Waals surface area contributed by atoms with Crippen molar-refractivity contribution in [1.29, 1.82) is 0 Å². The molecule has 2 N–H and O–H groups in total. The molecule has 0 aliphatic heterocycles. The minimum Gasteiger partial charge on any atom is -0.507 e. The highest BCUT2D eigenvalue weighted by atomic mass is 79.9. The molecule has 0 saturated heterocycles. The molecule has 6 nitrogen and oxygen atoms in total. The van der Waals surface area contributed by atoms with Gasteiger partial charge in [-0.25, -0.2) is 9.50 Å². The molecule has 2 aromatic carbocycles. The normalized spacial score (nSPS) is 11.1. The number of phenols is 2. The molecule has 0 aliphatic rings. The quantitative estimate of drug-likeness (QED) is 0.422. The van der Waals surface area contributed by atoms with Crippen LogP contribution >= 0.6 is 31.9 Å². The lowest BCUT2D eigenvalue weighted by molar-refractivity contribution is 0.408. The fourth-order valence-electron chi connectivity index (χ4n) is 2.90. The fourth-order valence-corrected chi connectivity index (χ4v) is 4.09. The zero-order valence-corrected chi connectivity index (χ0v) is 17.2. The molecule has 0 fully saturated rings. The number of ether oxygens (including phenoxy) is 1. The maximum atomic E-state index is 10.6. The maximum Gasteiger partial charge on any atom is 0.155 e. The first-order chi connectivity index (χ1) is 13.0. The third kappa shape index (κ3) is 3.04. The summed E-state index contributed by atoms with van der Waals surface area (Å²) in [6.45, 7) is 0. The van der Waals surface area contributed by atoms with Crippen molar-refractivity contribution in [1.82, 2.24) is 14.6 Å². The van der Waals surface area contributed by atoms with Crippen molar-refractivity contribution in [2.24, 2.45) is 0 Å². The zero-order valence-electron chi connectivity index (χ0n) is 14.0. The predicted octanol–water partition coefficient (Wildman–Crippen LogP) is 5.01. The van der Waals surface area contributed by atoms with Crippen LogP contribution in [-0.2, 0) is 0 Å². The highest BCUT2D eigenvalue weighted by Gasteiger charge is 2.19. The molecule has 27 heavy (non-hydrogen) atoms. The second-order valence-electron chi connectivity index (χ2n) is 5.79. The monoisotopic (exact) mass is 489 g/mol. The topological polar surface area (TPSA) is 79.9 Å². The molecule has 0 bridgehead atoms. The number of aromatic hydroxyl groups is 2. The van der Waals surface area contributed by atoms with Gasteiger partial charge in [0.2, 0.25) is 0 Å². The SMILES string of the molecule is COc1ccc(-c2c(-c3cc(Br)c(O)c(Br)c3)cnc3ccnn23)c(O)c1. The van der Waals surface area contributed by atoms with Crippen molar-refractivity contribution in [2.75, 3.05) is 7.11 Å². The van der Waals surface area contributed by atoms with Crippen molar-refractivity contribution in [3.05, 3.63) is 57.7 Å². The Morgan fingerprint density at radius 2 is 1.74 bits per heavy atom. The summed E-state index contributed by atoms with van der Waals surface area (Å²) in [5.41, 5.74) is 3.45. The van der Waals surface area contributed by atoms with E-state index in [1.165, 1.54) is 0 Å². The van der Waals surface area contributed by atoms with Crippen LogP contribution in [0.15, 0.2) is 57.7 Å². The molecule has 0 spiro atoms. The largest absolute Gasteiger partial charge is 0.507 e. The number of phenolic OH excluding ortho intramolecular Hbond substituents is 2. The van der Waals surface area contributed by atoms with Crippen LogP contribution in [0.2, 0.25) is 0 Å². The van der Waals surface area contributed by atoms with E-state index in [0.29, 0.717) is 31.6 Å². The number of aromatic nitrogens is 3. The summed E-state index contributed by atoms with van der Waals surface area (Å²) in [6.07, 6.45) is 3.38. The van der Waals surface area contributed by atoms with E-state index >= 15 is 0 Å². The molecule has 0 saturated carbocycles. The first kappa shape index (κ1) is 17.8. The van der Waals surface area contributed by atoms with Gasteiger partial charge in [0.1, 0.15) is 17.2 Å². The van der Waals surface area contributed by atoms with Crippen molar-refractivity contribution < 1.29 is 14.9 Å². The molecule has 8 heteroatoms. The molecule has 136 valence electrons. The number of fused-ring (bicyclic) bond motifs is 1. The Hall–Kier alpha value is -2.58. The molecule has 0 aliphatic carbocycles. The van der Waals surface area contributed by atoms with Gasteiger partial charge in [-0.3, -0.25) is 0 Å². The molecule has 2 aromatic heterocycles. The Morgan fingerprint density at radius 3 is 2.41 bits per heavy atom. The van der Waals surface area contributed by atoms with Crippen LogP contribution in [0.3, 0.4) is 0 Å². The van der Waals surface area contributed by atoms with E-state index in [0.717, 1.165) is 11.1 Å². The van der Waals surface area contributed by atoms with Gasteiger partial charge in [-0.1, -0.05) is 0 Å². The fraction of sp³-hybridized carbons (Fsp3) is 0.0526. The van der Waals surface area contributed by atoms with Crippen LogP contribution in [0.1, 0.15) is 0 Å². The number of benzene rings is 2. The summed E-state index contributed by atoms with van der Waals surface area (Å²) in [6, 6.07) is 10.5. The van der Waals surface area contributed by atoms with Crippen LogP contribution in [0.5, 0.6) is 17.2 Å². The highest BCUT2D eigenvalue weighted by molar-refractivity contribution is 9.11. The first-order valence-corrected chi connectivity index (χ1v) is 9.46. The van der Waals surface area contributed by atoms with Crippen LogP contribution in [0.4, 0.5) is 0 Å². The van der Waals surface area contributed by atoms with Gasteiger partial charge in [-0.2, -0.15) is 5.10 Å². The number of nitrogens with zero attached hydrogens (tertiary/aromatic N) is 3. The number of halogens is 2. The second kappa shape index (κ2) is 6.86. The molecular formula is C19H13Br2N3O3. The van der Waals surface area contributed by atoms with E-state index in [9.17, 15) is 10.2 Å².